The van der Waals surface area contributed by atoms with E-state index in [1.54, 1.807) is 26.4 Å². The third-order valence-corrected chi connectivity index (χ3v) is 4.90. The van der Waals surface area contributed by atoms with Crippen molar-refractivity contribution in [1.29, 1.82) is 0 Å². The van der Waals surface area contributed by atoms with Crippen LogP contribution >= 0.6 is 0 Å². The van der Waals surface area contributed by atoms with Gasteiger partial charge in [-0.2, -0.15) is 0 Å². The molecule has 0 amide bonds. The second-order valence-electron chi connectivity index (χ2n) is 6.54. The number of rotatable bonds is 7. The molecule has 0 spiro atoms. The molecule has 1 aliphatic rings. The standard InChI is InChI=1S/C21H25FN2O2/c1-25-20-9-5-16(6-10-20)18-11-13-24(15-18)14-12-21(23-26-2)17-3-7-19(22)8-4-17/h3-10,18H,11-15H2,1-2H3. The number of methoxy groups -OCH3 is 1. The Labute approximate surface area is 154 Å². The van der Waals surface area contributed by atoms with Gasteiger partial charge in [0.1, 0.15) is 18.7 Å². The van der Waals surface area contributed by atoms with Gasteiger partial charge in [-0.05, 0) is 54.3 Å². The van der Waals surface area contributed by atoms with Crippen molar-refractivity contribution in [3.8, 4) is 5.75 Å². The maximum atomic E-state index is 13.1. The highest BCUT2D eigenvalue weighted by Crippen LogP contribution is 2.28. The predicted molar refractivity (Wildman–Crippen MR) is 101 cm³/mol. The van der Waals surface area contributed by atoms with Gasteiger partial charge in [-0.3, -0.25) is 0 Å². The van der Waals surface area contributed by atoms with E-state index in [0.29, 0.717) is 5.92 Å². The van der Waals surface area contributed by atoms with Gasteiger partial charge in [0.05, 0.1) is 12.8 Å². The van der Waals surface area contributed by atoms with Gasteiger partial charge in [-0.25, -0.2) is 4.39 Å². The van der Waals surface area contributed by atoms with Crippen LogP contribution in [0.2, 0.25) is 0 Å². The molecule has 1 atom stereocenters. The maximum absolute atomic E-state index is 13.1. The van der Waals surface area contributed by atoms with Crippen molar-refractivity contribution in [3.05, 3.63) is 65.5 Å². The minimum atomic E-state index is -0.243. The summed E-state index contributed by atoms with van der Waals surface area (Å²) >= 11 is 0. The summed E-state index contributed by atoms with van der Waals surface area (Å²) in [5, 5.41) is 4.13. The fourth-order valence-corrected chi connectivity index (χ4v) is 3.44. The van der Waals surface area contributed by atoms with Gasteiger partial charge in [0, 0.05) is 19.5 Å². The van der Waals surface area contributed by atoms with Crippen LogP contribution in [-0.4, -0.2) is 44.5 Å². The van der Waals surface area contributed by atoms with Crippen LogP contribution in [0.25, 0.3) is 0 Å². The summed E-state index contributed by atoms with van der Waals surface area (Å²) in [5.41, 5.74) is 3.11. The van der Waals surface area contributed by atoms with E-state index < -0.39 is 0 Å². The third-order valence-electron chi connectivity index (χ3n) is 4.90. The number of ether oxygens (including phenoxy) is 1. The topological polar surface area (TPSA) is 34.1 Å². The van der Waals surface area contributed by atoms with Crippen molar-refractivity contribution in [2.75, 3.05) is 33.9 Å². The second kappa shape index (κ2) is 8.81. The lowest BCUT2D eigenvalue weighted by Crippen LogP contribution is -2.24. The quantitative estimate of drug-likeness (QED) is 0.554. The molecule has 138 valence electrons. The highest BCUT2D eigenvalue weighted by Gasteiger charge is 2.24. The molecule has 1 aliphatic heterocycles. The lowest BCUT2D eigenvalue weighted by atomic mass is 9.98. The normalized spacial score (nSPS) is 18.1. The summed E-state index contributed by atoms with van der Waals surface area (Å²) in [6.07, 6.45) is 1.93. The van der Waals surface area contributed by atoms with Crippen LogP contribution in [0.1, 0.15) is 29.9 Å². The van der Waals surface area contributed by atoms with Crippen molar-refractivity contribution >= 4 is 5.71 Å². The number of nitrogens with zero attached hydrogens (tertiary/aromatic N) is 2. The Hall–Kier alpha value is -2.40. The Morgan fingerprint density at radius 3 is 2.50 bits per heavy atom. The zero-order chi connectivity index (χ0) is 18.4. The Balaban J connectivity index is 1.57. The molecule has 2 aromatic carbocycles. The molecule has 1 unspecified atom stereocenters. The van der Waals surface area contributed by atoms with E-state index >= 15 is 0 Å². The van der Waals surface area contributed by atoms with Gasteiger partial charge in [0.15, 0.2) is 0 Å². The number of halogens is 1. The zero-order valence-electron chi connectivity index (χ0n) is 15.3. The summed E-state index contributed by atoms with van der Waals surface area (Å²) in [6, 6.07) is 14.8. The SMILES string of the molecule is CON=C(CCN1CCC(c2ccc(OC)cc2)C1)c1ccc(F)cc1. The van der Waals surface area contributed by atoms with Crippen LogP contribution in [0.4, 0.5) is 4.39 Å². The molecule has 5 heteroatoms. The van der Waals surface area contributed by atoms with Crippen LogP contribution < -0.4 is 4.74 Å². The van der Waals surface area contributed by atoms with Gasteiger partial charge in [-0.1, -0.05) is 29.4 Å². The van der Waals surface area contributed by atoms with Crippen molar-refractivity contribution in [1.82, 2.24) is 4.90 Å². The van der Waals surface area contributed by atoms with E-state index in [4.69, 9.17) is 9.57 Å². The van der Waals surface area contributed by atoms with Crippen molar-refractivity contribution in [2.45, 2.75) is 18.8 Å². The Morgan fingerprint density at radius 2 is 1.85 bits per heavy atom. The van der Waals surface area contributed by atoms with Crippen LogP contribution in [-0.2, 0) is 4.84 Å². The molecular weight excluding hydrogens is 331 g/mol. The smallest absolute Gasteiger partial charge is 0.123 e. The molecule has 2 aromatic rings. The third kappa shape index (κ3) is 4.61. The molecule has 0 aromatic heterocycles. The first-order valence-electron chi connectivity index (χ1n) is 8.92. The number of likely N-dealkylation sites (tertiary alicyclic amines) is 1. The van der Waals surface area contributed by atoms with Crippen molar-refractivity contribution < 1.29 is 14.0 Å². The molecule has 0 radical (unpaired) electrons. The Kier molecular flexibility index (Phi) is 6.23. The summed E-state index contributed by atoms with van der Waals surface area (Å²) in [5.74, 6) is 1.20. The van der Waals surface area contributed by atoms with Gasteiger partial charge in [-0.15, -0.1) is 0 Å². The molecule has 0 aliphatic carbocycles. The van der Waals surface area contributed by atoms with Crippen molar-refractivity contribution in [2.24, 2.45) is 5.16 Å². The van der Waals surface area contributed by atoms with Crippen LogP contribution in [0.3, 0.4) is 0 Å². The lowest BCUT2D eigenvalue weighted by Gasteiger charge is -2.17. The maximum Gasteiger partial charge on any atom is 0.123 e. The van der Waals surface area contributed by atoms with E-state index in [2.05, 4.69) is 22.2 Å². The van der Waals surface area contributed by atoms with Gasteiger partial charge < -0.3 is 14.5 Å². The monoisotopic (exact) mass is 356 g/mol. The van der Waals surface area contributed by atoms with Crippen LogP contribution in [0.15, 0.2) is 53.7 Å². The van der Waals surface area contributed by atoms with Crippen LogP contribution in [0.5, 0.6) is 5.75 Å². The summed E-state index contributed by atoms with van der Waals surface area (Å²) in [7, 11) is 3.23. The molecule has 0 N–H and O–H groups in total. The van der Waals surface area contributed by atoms with E-state index in [1.165, 1.54) is 17.7 Å². The van der Waals surface area contributed by atoms with Gasteiger partial charge in [0.2, 0.25) is 0 Å². The largest absolute Gasteiger partial charge is 0.497 e. The van der Waals surface area contributed by atoms with E-state index in [9.17, 15) is 4.39 Å². The summed E-state index contributed by atoms with van der Waals surface area (Å²) in [4.78, 5) is 7.43. The molecule has 1 saturated heterocycles. The average molecular weight is 356 g/mol. The van der Waals surface area contributed by atoms with Crippen molar-refractivity contribution in [3.63, 3.8) is 0 Å². The Bertz CT molecular complexity index is 729. The summed E-state index contributed by atoms with van der Waals surface area (Å²) < 4.78 is 18.4. The molecule has 1 fully saturated rings. The molecule has 0 bridgehead atoms. The highest BCUT2D eigenvalue weighted by atomic mass is 19.1. The van der Waals surface area contributed by atoms with Gasteiger partial charge in [0.25, 0.3) is 0 Å². The minimum absolute atomic E-state index is 0.243. The zero-order valence-corrected chi connectivity index (χ0v) is 15.3. The molecular formula is C21H25FN2O2. The predicted octanol–water partition coefficient (Wildman–Crippen LogP) is 4.06. The number of hydrogen-bond acceptors (Lipinski definition) is 4. The van der Waals surface area contributed by atoms with E-state index in [0.717, 1.165) is 49.5 Å². The Morgan fingerprint density at radius 1 is 1.12 bits per heavy atom. The lowest BCUT2D eigenvalue weighted by molar-refractivity contribution is 0.212. The van der Waals surface area contributed by atoms with E-state index in [-0.39, 0.29) is 5.82 Å². The first kappa shape index (κ1) is 18.4. The molecule has 1 heterocycles. The fourth-order valence-electron chi connectivity index (χ4n) is 3.44. The van der Waals surface area contributed by atoms with E-state index in [1.807, 2.05) is 12.1 Å². The second-order valence-corrected chi connectivity index (χ2v) is 6.54. The molecule has 3 rings (SSSR count). The first-order chi connectivity index (χ1) is 12.7. The molecule has 4 nitrogen and oxygen atoms in total. The number of benzene rings is 2. The van der Waals surface area contributed by atoms with Gasteiger partial charge >= 0.3 is 0 Å². The molecule has 26 heavy (non-hydrogen) atoms. The number of oxime groups is 1. The minimum Gasteiger partial charge on any atom is -0.497 e. The first-order valence-corrected chi connectivity index (χ1v) is 8.92. The summed E-state index contributed by atoms with van der Waals surface area (Å²) in [6.45, 7) is 3.02. The highest BCUT2D eigenvalue weighted by molar-refractivity contribution is 6.00. The molecule has 0 saturated carbocycles. The average Bonchev–Trinajstić information content (AvgIpc) is 3.15. The number of hydrogen-bond donors (Lipinski definition) is 0. The van der Waals surface area contributed by atoms with Crippen LogP contribution in [0, 0.1) is 5.82 Å². The fraction of sp³-hybridized carbons (Fsp3) is 0.381.